The predicted molar refractivity (Wildman–Crippen MR) is 123 cm³/mol. The number of carbonyl (C=O) groups excluding carboxylic acids is 2. The van der Waals surface area contributed by atoms with Crippen molar-refractivity contribution in [1.29, 1.82) is 0 Å². The number of ether oxygens (including phenoxy) is 2. The Morgan fingerprint density at radius 2 is 1.63 bits per heavy atom. The minimum atomic E-state index is -1.35. The number of carbonyl (C=O) groups is 2. The molecule has 35 heavy (non-hydrogen) atoms. The zero-order valence-electron chi connectivity index (χ0n) is 19.4. The highest BCUT2D eigenvalue weighted by Gasteiger charge is 2.44. The molecule has 1 fully saturated rings. The number of aromatic nitrogens is 2. The summed E-state index contributed by atoms with van der Waals surface area (Å²) in [5.74, 6) is -0.493. The first-order valence-electron chi connectivity index (χ1n) is 11.7. The lowest BCUT2D eigenvalue weighted by atomic mass is 10.1. The molecule has 1 aromatic heterocycles. The first-order chi connectivity index (χ1) is 16.8. The van der Waals surface area contributed by atoms with E-state index in [1.165, 1.54) is 18.0 Å². The van der Waals surface area contributed by atoms with Gasteiger partial charge in [-0.25, -0.2) is 4.79 Å². The summed E-state index contributed by atoms with van der Waals surface area (Å²) in [4.78, 5) is 51.8. The number of hydrogen-bond donors (Lipinski definition) is 3. The molecule has 4 atom stereocenters. The zero-order valence-corrected chi connectivity index (χ0v) is 19.4. The monoisotopic (exact) mass is 487 g/mol. The van der Waals surface area contributed by atoms with Gasteiger partial charge in [0, 0.05) is 24.9 Å². The number of aryl methyl sites for hydroxylation is 1. The molecule has 188 valence electrons. The predicted octanol–water partition coefficient (Wildman–Crippen LogP) is 0.337. The Kier molecular flexibility index (Phi) is 7.60. The van der Waals surface area contributed by atoms with Gasteiger partial charge in [-0.3, -0.25) is 28.8 Å². The third-order valence-corrected chi connectivity index (χ3v) is 6.34. The van der Waals surface area contributed by atoms with Crippen molar-refractivity contribution in [3.63, 3.8) is 0 Å². The number of aromatic amines is 1. The second kappa shape index (κ2) is 10.6. The molecule has 0 saturated carbocycles. The number of aliphatic hydroxyl groups excluding tert-OH is 2. The van der Waals surface area contributed by atoms with Gasteiger partial charge in [0.1, 0.15) is 18.3 Å². The van der Waals surface area contributed by atoms with E-state index in [1.807, 2.05) is 0 Å². The summed E-state index contributed by atoms with van der Waals surface area (Å²) >= 11 is 0. The van der Waals surface area contributed by atoms with Crippen LogP contribution in [0.25, 0.3) is 0 Å². The number of nitrogens with one attached hydrogen (secondary N) is 1. The third kappa shape index (κ3) is 5.13. The summed E-state index contributed by atoms with van der Waals surface area (Å²) in [6, 6.07) is 6.82. The number of aliphatic hydroxyl groups is 2. The van der Waals surface area contributed by atoms with E-state index in [-0.39, 0.29) is 24.0 Å². The van der Waals surface area contributed by atoms with Crippen molar-refractivity contribution >= 4 is 11.8 Å². The first kappa shape index (κ1) is 25.0. The Bertz CT molecular complexity index is 1170. The van der Waals surface area contributed by atoms with Gasteiger partial charge in [0.25, 0.3) is 17.4 Å². The molecule has 0 spiro atoms. The summed E-state index contributed by atoms with van der Waals surface area (Å²) in [5.41, 5.74) is -0.0783. The fraction of sp³-hybridized carbons (Fsp3) is 0.500. The molecule has 3 heterocycles. The fourth-order valence-corrected chi connectivity index (χ4v) is 4.34. The molecule has 2 aliphatic heterocycles. The van der Waals surface area contributed by atoms with Crippen LogP contribution in [0.3, 0.4) is 0 Å². The van der Waals surface area contributed by atoms with Crippen molar-refractivity contribution in [1.82, 2.24) is 14.5 Å². The molecule has 0 unspecified atom stereocenters. The third-order valence-electron chi connectivity index (χ3n) is 6.34. The second-order valence-corrected chi connectivity index (χ2v) is 8.82. The van der Waals surface area contributed by atoms with Crippen molar-refractivity contribution < 1.29 is 29.3 Å². The molecular weight excluding hydrogens is 458 g/mol. The number of hydrogen-bond acceptors (Lipinski definition) is 8. The summed E-state index contributed by atoms with van der Waals surface area (Å²) in [5, 5.41) is 20.6. The Morgan fingerprint density at radius 1 is 0.971 bits per heavy atom. The van der Waals surface area contributed by atoms with Crippen LogP contribution in [-0.4, -0.2) is 74.5 Å². The molecule has 2 aromatic rings. The summed E-state index contributed by atoms with van der Waals surface area (Å²) in [6.45, 7) is 2.32. The fourth-order valence-electron chi connectivity index (χ4n) is 4.34. The van der Waals surface area contributed by atoms with Gasteiger partial charge in [0.2, 0.25) is 0 Å². The normalized spacial score (nSPS) is 23.8. The molecular formula is C24H29N3O8. The van der Waals surface area contributed by atoms with E-state index in [0.717, 1.165) is 23.8 Å². The van der Waals surface area contributed by atoms with Crippen LogP contribution in [0.15, 0.2) is 40.1 Å². The molecule has 0 aliphatic carbocycles. The molecule has 2 amide bonds. The number of rotatable bonds is 10. The summed E-state index contributed by atoms with van der Waals surface area (Å²) < 4.78 is 12.3. The molecule has 3 N–H and O–H groups in total. The van der Waals surface area contributed by atoms with Gasteiger partial charge in [0.05, 0.1) is 17.7 Å². The van der Waals surface area contributed by atoms with E-state index in [1.54, 1.807) is 24.3 Å². The van der Waals surface area contributed by atoms with Gasteiger partial charge in [-0.1, -0.05) is 25.0 Å². The zero-order chi connectivity index (χ0) is 25.1. The second-order valence-electron chi connectivity index (χ2n) is 8.82. The lowest BCUT2D eigenvalue weighted by Crippen LogP contribution is -2.38. The number of benzene rings is 1. The van der Waals surface area contributed by atoms with Crippen LogP contribution in [0.2, 0.25) is 0 Å². The van der Waals surface area contributed by atoms with Crippen LogP contribution < -0.4 is 11.2 Å². The Hall–Kier alpha value is -3.12. The molecule has 0 radical (unpaired) electrons. The lowest BCUT2D eigenvalue weighted by Gasteiger charge is -2.17. The minimum absolute atomic E-state index is 0.0286. The Balaban J connectivity index is 1.15. The largest absolute Gasteiger partial charge is 0.387 e. The maximum absolute atomic E-state index is 12.4. The summed E-state index contributed by atoms with van der Waals surface area (Å²) in [7, 11) is 0. The average molecular weight is 488 g/mol. The molecule has 11 heteroatoms. The van der Waals surface area contributed by atoms with E-state index < -0.39 is 35.8 Å². The molecule has 0 bridgehead atoms. The Labute approximate surface area is 200 Å². The van der Waals surface area contributed by atoms with E-state index >= 15 is 0 Å². The number of unbranched alkanes of at least 4 members (excludes halogenated alkanes) is 3. The van der Waals surface area contributed by atoms with Crippen molar-refractivity contribution in [2.45, 2.75) is 57.1 Å². The van der Waals surface area contributed by atoms with Gasteiger partial charge < -0.3 is 19.7 Å². The maximum atomic E-state index is 12.4. The van der Waals surface area contributed by atoms with E-state index in [0.29, 0.717) is 30.7 Å². The topological polar surface area (TPSA) is 151 Å². The van der Waals surface area contributed by atoms with Crippen LogP contribution in [0.4, 0.5) is 0 Å². The lowest BCUT2D eigenvalue weighted by molar-refractivity contribution is -0.0687. The van der Waals surface area contributed by atoms with Gasteiger partial charge in [-0.05, 0) is 31.9 Å². The van der Waals surface area contributed by atoms with Crippen LogP contribution in [0.1, 0.15) is 58.2 Å². The van der Waals surface area contributed by atoms with E-state index in [4.69, 9.17) is 9.47 Å². The van der Waals surface area contributed by atoms with Crippen LogP contribution in [-0.2, 0) is 9.47 Å². The minimum Gasteiger partial charge on any atom is -0.387 e. The van der Waals surface area contributed by atoms with Crippen LogP contribution in [0, 0.1) is 6.92 Å². The number of imide groups is 1. The summed E-state index contributed by atoms with van der Waals surface area (Å²) in [6.07, 6.45) is -0.220. The molecule has 2 aliphatic rings. The SMILES string of the molecule is Cc1cn([C@@H]2O[C@H](COCCCCCCN3C(=O)c4ccccc4C3=O)[C@@H](O)[C@H]2O)c(=O)[nH]c1=O. The van der Waals surface area contributed by atoms with Crippen molar-refractivity contribution in [3.8, 4) is 0 Å². The smallest absolute Gasteiger partial charge is 0.330 e. The standard InChI is InChI=1S/C24H29N3O8/c1-14-12-27(24(33)25-20(14)30)23-19(29)18(28)17(35-23)13-34-11-7-3-2-6-10-26-21(31)15-8-4-5-9-16(15)22(26)32/h4-5,8-9,12,17-19,23,28-29H,2-3,6-7,10-11,13H2,1H3,(H,25,30,33)/t17-,18-,19-,23-/m1/s1. The van der Waals surface area contributed by atoms with Gasteiger partial charge in [-0.15, -0.1) is 0 Å². The number of amides is 2. The van der Waals surface area contributed by atoms with Gasteiger partial charge in [0.15, 0.2) is 6.23 Å². The van der Waals surface area contributed by atoms with Crippen LogP contribution >= 0.6 is 0 Å². The molecule has 4 rings (SSSR count). The highest BCUT2D eigenvalue weighted by atomic mass is 16.6. The van der Waals surface area contributed by atoms with Crippen molar-refractivity contribution in [3.05, 3.63) is 68.0 Å². The average Bonchev–Trinajstić information content (AvgIpc) is 3.26. The highest BCUT2D eigenvalue weighted by molar-refractivity contribution is 6.21. The van der Waals surface area contributed by atoms with Crippen LogP contribution in [0.5, 0.6) is 0 Å². The number of H-pyrrole nitrogens is 1. The first-order valence-corrected chi connectivity index (χ1v) is 11.7. The van der Waals surface area contributed by atoms with E-state index in [2.05, 4.69) is 4.98 Å². The van der Waals surface area contributed by atoms with Crippen molar-refractivity contribution in [2.75, 3.05) is 19.8 Å². The van der Waals surface area contributed by atoms with Gasteiger partial charge in [-0.2, -0.15) is 0 Å². The highest BCUT2D eigenvalue weighted by Crippen LogP contribution is 2.28. The quantitative estimate of drug-likeness (QED) is 0.321. The molecule has 1 saturated heterocycles. The molecule has 11 nitrogen and oxygen atoms in total. The maximum Gasteiger partial charge on any atom is 0.330 e. The van der Waals surface area contributed by atoms with Gasteiger partial charge >= 0.3 is 5.69 Å². The van der Waals surface area contributed by atoms with E-state index in [9.17, 15) is 29.4 Å². The Morgan fingerprint density at radius 3 is 2.31 bits per heavy atom. The number of fused-ring (bicyclic) bond motifs is 1. The molecule has 1 aromatic carbocycles. The number of nitrogens with zero attached hydrogens (tertiary/aromatic N) is 2. The van der Waals surface area contributed by atoms with Crippen molar-refractivity contribution in [2.24, 2.45) is 0 Å².